The van der Waals surface area contributed by atoms with Crippen molar-refractivity contribution < 1.29 is 0 Å². The van der Waals surface area contributed by atoms with Gasteiger partial charge in [0.25, 0.3) is 5.56 Å². The molecule has 18 heavy (non-hydrogen) atoms. The summed E-state index contributed by atoms with van der Waals surface area (Å²) in [5.74, 6) is 2.99. The molecule has 1 aromatic rings. The summed E-state index contributed by atoms with van der Waals surface area (Å²) in [6.45, 7) is 0.965. The molecule has 2 nitrogen and oxygen atoms in total. The van der Waals surface area contributed by atoms with E-state index in [2.05, 4.69) is 4.57 Å². The first-order valence-electron chi connectivity index (χ1n) is 7.14. The number of fused-ring (bicyclic) bond motifs is 1. The zero-order valence-electron chi connectivity index (χ0n) is 10.9. The summed E-state index contributed by atoms with van der Waals surface area (Å²) in [7, 11) is 0. The van der Waals surface area contributed by atoms with Crippen molar-refractivity contribution in [1.29, 1.82) is 0 Å². The Kier molecular flexibility index (Phi) is 3.78. The van der Waals surface area contributed by atoms with Gasteiger partial charge in [0.05, 0.1) is 0 Å². The van der Waals surface area contributed by atoms with Crippen LogP contribution in [0.2, 0.25) is 0 Å². The second-order valence-corrected chi connectivity index (χ2v) is 6.67. The standard InChI is InChI=1S/C15H21NOS/c17-15-7-6-13-11-18-9-8-14(13)16(15)10-12-4-2-1-3-5-12/h6-7,12H,1-5,8-11H2. The largest absolute Gasteiger partial charge is 0.312 e. The number of nitrogens with zero attached hydrogens (tertiary/aromatic N) is 1. The van der Waals surface area contributed by atoms with Crippen LogP contribution >= 0.6 is 11.8 Å². The van der Waals surface area contributed by atoms with Crippen molar-refractivity contribution >= 4 is 11.8 Å². The zero-order chi connectivity index (χ0) is 12.4. The van der Waals surface area contributed by atoms with Gasteiger partial charge in [-0.2, -0.15) is 11.8 Å². The summed E-state index contributed by atoms with van der Waals surface area (Å²) in [5.41, 5.74) is 2.93. The first-order valence-corrected chi connectivity index (χ1v) is 8.29. The van der Waals surface area contributed by atoms with Crippen molar-refractivity contribution in [1.82, 2.24) is 4.57 Å². The third-order valence-corrected chi connectivity index (χ3v) is 5.30. The summed E-state index contributed by atoms with van der Waals surface area (Å²) >= 11 is 1.98. The summed E-state index contributed by atoms with van der Waals surface area (Å²) in [6.07, 6.45) is 7.78. The number of hydrogen-bond donors (Lipinski definition) is 0. The molecule has 0 radical (unpaired) electrons. The summed E-state index contributed by atoms with van der Waals surface area (Å²) in [5, 5.41) is 0. The van der Waals surface area contributed by atoms with Gasteiger partial charge in [-0.3, -0.25) is 4.79 Å². The van der Waals surface area contributed by atoms with Gasteiger partial charge in [-0.15, -0.1) is 0 Å². The molecule has 0 spiro atoms. The molecule has 1 aliphatic carbocycles. The first-order chi connectivity index (χ1) is 8.84. The minimum Gasteiger partial charge on any atom is -0.312 e. The molecule has 0 N–H and O–H groups in total. The van der Waals surface area contributed by atoms with E-state index < -0.39 is 0 Å². The highest BCUT2D eigenvalue weighted by Gasteiger charge is 2.19. The lowest BCUT2D eigenvalue weighted by Crippen LogP contribution is -2.29. The molecule has 0 atom stereocenters. The maximum absolute atomic E-state index is 12.1. The second-order valence-electron chi connectivity index (χ2n) is 5.56. The highest BCUT2D eigenvalue weighted by molar-refractivity contribution is 7.98. The highest BCUT2D eigenvalue weighted by atomic mass is 32.2. The molecular weight excluding hydrogens is 242 g/mol. The molecule has 0 bridgehead atoms. The van der Waals surface area contributed by atoms with E-state index in [1.165, 1.54) is 49.1 Å². The van der Waals surface area contributed by atoms with E-state index in [1.54, 1.807) is 6.07 Å². The lowest BCUT2D eigenvalue weighted by molar-refractivity contribution is 0.312. The topological polar surface area (TPSA) is 22.0 Å². The van der Waals surface area contributed by atoms with Crippen molar-refractivity contribution in [2.45, 2.75) is 50.8 Å². The van der Waals surface area contributed by atoms with Crippen LogP contribution in [0.15, 0.2) is 16.9 Å². The average Bonchev–Trinajstić information content (AvgIpc) is 2.43. The van der Waals surface area contributed by atoms with Gasteiger partial charge in [-0.25, -0.2) is 0 Å². The Bertz CT molecular complexity index is 474. The maximum Gasteiger partial charge on any atom is 0.250 e. The Morgan fingerprint density at radius 2 is 2.06 bits per heavy atom. The fourth-order valence-electron chi connectivity index (χ4n) is 3.27. The molecule has 0 aromatic carbocycles. The Labute approximate surface area is 113 Å². The Morgan fingerprint density at radius 3 is 2.89 bits per heavy atom. The van der Waals surface area contributed by atoms with Crippen LogP contribution in [0.5, 0.6) is 0 Å². The fraction of sp³-hybridized carbons (Fsp3) is 0.667. The van der Waals surface area contributed by atoms with Crippen LogP contribution in [-0.2, 0) is 18.7 Å². The Balaban J connectivity index is 1.87. The van der Waals surface area contributed by atoms with E-state index in [4.69, 9.17) is 0 Å². The summed E-state index contributed by atoms with van der Waals surface area (Å²) < 4.78 is 2.09. The number of pyridine rings is 1. The minimum absolute atomic E-state index is 0.214. The maximum atomic E-state index is 12.1. The fourth-order valence-corrected chi connectivity index (χ4v) is 4.24. The lowest BCUT2D eigenvalue weighted by atomic mass is 9.89. The van der Waals surface area contributed by atoms with E-state index >= 15 is 0 Å². The Hall–Kier alpha value is -0.700. The van der Waals surface area contributed by atoms with E-state index in [0.29, 0.717) is 0 Å². The molecule has 2 heterocycles. The molecule has 0 amide bonds. The van der Waals surface area contributed by atoms with E-state index in [1.807, 2.05) is 17.8 Å². The van der Waals surface area contributed by atoms with E-state index in [0.717, 1.165) is 24.6 Å². The van der Waals surface area contributed by atoms with Gasteiger partial charge in [-0.1, -0.05) is 25.3 Å². The molecule has 0 unspecified atom stereocenters. The van der Waals surface area contributed by atoms with Crippen molar-refractivity contribution in [2.75, 3.05) is 5.75 Å². The molecule has 3 rings (SSSR count). The number of aromatic nitrogens is 1. The van der Waals surface area contributed by atoms with Crippen molar-refractivity contribution in [3.63, 3.8) is 0 Å². The third-order valence-electron chi connectivity index (χ3n) is 4.30. The molecule has 2 aliphatic rings. The smallest absolute Gasteiger partial charge is 0.250 e. The SMILES string of the molecule is O=c1ccc2c(n1CC1CCCCC1)CCSC2. The molecular formula is C15H21NOS. The normalized spacial score (nSPS) is 20.7. The molecule has 0 saturated heterocycles. The lowest BCUT2D eigenvalue weighted by Gasteiger charge is -2.26. The van der Waals surface area contributed by atoms with E-state index in [-0.39, 0.29) is 5.56 Å². The molecule has 1 saturated carbocycles. The molecule has 3 heteroatoms. The van der Waals surface area contributed by atoms with Crippen molar-refractivity contribution in [2.24, 2.45) is 5.92 Å². The Morgan fingerprint density at radius 1 is 1.22 bits per heavy atom. The van der Waals surface area contributed by atoms with Crippen LogP contribution < -0.4 is 5.56 Å². The first kappa shape index (κ1) is 12.3. The van der Waals surface area contributed by atoms with Crippen molar-refractivity contribution in [3.8, 4) is 0 Å². The molecule has 98 valence electrons. The highest BCUT2D eigenvalue weighted by Crippen LogP contribution is 2.27. The molecule has 1 aromatic heterocycles. The minimum atomic E-state index is 0.214. The van der Waals surface area contributed by atoms with Crippen LogP contribution in [0.3, 0.4) is 0 Å². The average molecular weight is 263 g/mol. The van der Waals surface area contributed by atoms with Gasteiger partial charge in [0.15, 0.2) is 0 Å². The quantitative estimate of drug-likeness (QED) is 0.817. The molecule has 1 fully saturated rings. The van der Waals surface area contributed by atoms with Gasteiger partial charge in [0, 0.05) is 24.1 Å². The van der Waals surface area contributed by atoms with Gasteiger partial charge in [0.1, 0.15) is 0 Å². The third kappa shape index (κ3) is 2.51. The van der Waals surface area contributed by atoms with Crippen LogP contribution in [0, 0.1) is 5.92 Å². The number of thioether (sulfide) groups is 1. The molecule has 1 aliphatic heterocycles. The number of hydrogen-bond acceptors (Lipinski definition) is 2. The van der Waals surface area contributed by atoms with Gasteiger partial charge < -0.3 is 4.57 Å². The zero-order valence-corrected chi connectivity index (χ0v) is 11.7. The second kappa shape index (κ2) is 5.52. The van der Waals surface area contributed by atoms with Crippen molar-refractivity contribution in [3.05, 3.63) is 33.7 Å². The van der Waals surface area contributed by atoms with Crippen LogP contribution in [0.25, 0.3) is 0 Å². The predicted octanol–water partition coefficient (Wildman–Crippen LogP) is 3.22. The van der Waals surface area contributed by atoms with Crippen LogP contribution in [0.4, 0.5) is 0 Å². The number of rotatable bonds is 2. The summed E-state index contributed by atoms with van der Waals surface area (Å²) in [6, 6.07) is 3.81. The van der Waals surface area contributed by atoms with Crippen LogP contribution in [-0.4, -0.2) is 10.3 Å². The summed E-state index contributed by atoms with van der Waals surface area (Å²) in [4.78, 5) is 12.1. The predicted molar refractivity (Wildman–Crippen MR) is 77.1 cm³/mol. The van der Waals surface area contributed by atoms with Gasteiger partial charge >= 0.3 is 0 Å². The van der Waals surface area contributed by atoms with Gasteiger partial charge in [0.2, 0.25) is 0 Å². The van der Waals surface area contributed by atoms with Gasteiger partial charge in [-0.05, 0) is 36.5 Å². The van der Waals surface area contributed by atoms with Crippen LogP contribution in [0.1, 0.15) is 43.4 Å². The monoisotopic (exact) mass is 263 g/mol. The van der Waals surface area contributed by atoms with E-state index in [9.17, 15) is 4.79 Å².